The Bertz CT molecular complexity index is 1050. The number of esters is 2. The van der Waals surface area contributed by atoms with Crippen LogP contribution >= 0.6 is 0 Å². The van der Waals surface area contributed by atoms with E-state index in [1.54, 1.807) is 12.1 Å². The molecule has 7 heteroatoms. The monoisotopic (exact) mass is 428 g/mol. The van der Waals surface area contributed by atoms with Crippen LogP contribution in [-0.4, -0.2) is 24.2 Å². The molecular formula is C24H19F3O4. The molecule has 1 unspecified atom stereocenters. The molecule has 0 saturated heterocycles. The van der Waals surface area contributed by atoms with Crippen LogP contribution in [0.15, 0.2) is 72.8 Å². The molecule has 4 nitrogen and oxygen atoms in total. The highest BCUT2D eigenvalue weighted by molar-refractivity contribution is 5.92. The summed E-state index contributed by atoms with van der Waals surface area (Å²) in [5.41, 5.74) is 3.37. The van der Waals surface area contributed by atoms with Crippen LogP contribution in [0.25, 0.3) is 11.1 Å². The molecule has 0 bridgehead atoms. The summed E-state index contributed by atoms with van der Waals surface area (Å²) in [7, 11) is 0. The van der Waals surface area contributed by atoms with Gasteiger partial charge in [-0.25, -0.2) is 9.59 Å². The first kappa shape index (κ1) is 22.1. The van der Waals surface area contributed by atoms with E-state index in [1.807, 2.05) is 43.3 Å². The molecule has 0 fully saturated rings. The molecule has 0 aliphatic heterocycles. The van der Waals surface area contributed by atoms with Crippen molar-refractivity contribution in [3.8, 4) is 16.9 Å². The standard InChI is InChI=1S/C24H19F3O4/c1-15-3-5-17(6-4-15)18-7-9-19(10-8-18)23(29)31-21-13-11-20(12-14-21)22(28)30-16(2)24(25,26)27/h3-14,16H,1-2H3. The van der Waals surface area contributed by atoms with Crippen molar-refractivity contribution in [2.75, 3.05) is 0 Å². The third-order valence-corrected chi connectivity index (χ3v) is 4.55. The molecular weight excluding hydrogens is 409 g/mol. The molecule has 0 radical (unpaired) electrons. The van der Waals surface area contributed by atoms with Gasteiger partial charge in [0.25, 0.3) is 0 Å². The lowest BCUT2D eigenvalue weighted by molar-refractivity contribution is -0.198. The van der Waals surface area contributed by atoms with E-state index >= 15 is 0 Å². The number of carbonyl (C=O) groups is 2. The largest absolute Gasteiger partial charge is 0.449 e. The van der Waals surface area contributed by atoms with Gasteiger partial charge >= 0.3 is 18.1 Å². The van der Waals surface area contributed by atoms with Gasteiger partial charge < -0.3 is 9.47 Å². The van der Waals surface area contributed by atoms with Gasteiger partial charge in [-0.15, -0.1) is 0 Å². The molecule has 0 aliphatic carbocycles. The number of hydrogen-bond acceptors (Lipinski definition) is 4. The summed E-state index contributed by atoms with van der Waals surface area (Å²) in [6.45, 7) is 2.75. The minimum Gasteiger partial charge on any atom is -0.449 e. The molecule has 0 amide bonds. The van der Waals surface area contributed by atoms with E-state index in [0.29, 0.717) is 5.56 Å². The minimum absolute atomic E-state index is 0.0849. The van der Waals surface area contributed by atoms with E-state index < -0.39 is 24.2 Å². The van der Waals surface area contributed by atoms with E-state index in [0.717, 1.165) is 23.6 Å². The molecule has 0 N–H and O–H groups in total. The molecule has 1 atom stereocenters. The molecule has 0 aromatic heterocycles. The summed E-state index contributed by atoms with van der Waals surface area (Å²) in [6, 6.07) is 20.0. The summed E-state index contributed by atoms with van der Waals surface area (Å²) >= 11 is 0. The minimum atomic E-state index is -4.64. The van der Waals surface area contributed by atoms with Crippen molar-refractivity contribution < 1.29 is 32.2 Å². The van der Waals surface area contributed by atoms with Crippen molar-refractivity contribution in [2.24, 2.45) is 0 Å². The zero-order chi connectivity index (χ0) is 22.6. The molecule has 160 valence electrons. The Morgan fingerprint density at radius 1 is 0.742 bits per heavy atom. The number of hydrogen-bond donors (Lipinski definition) is 0. The number of halogens is 3. The second kappa shape index (κ2) is 9.04. The third-order valence-electron chi connectivity index (χ3n) is 4.55. The van der Waals surface area contributed by atoms with Gasteiger partial charge in [0.2, 0.25) is 0 Å². The molecule has 0 saturated carbocycles. The number of benzene rings is 3. The Morgan fingerprint density at radius 2 is 1.19 bits per heavy atom. The zero-order valence-corrected chi connectivity index (χ0v) is 16.8. The Hall–Kier alpha value is -3.61. The summed E-state index contributed by atoms with van der Waals surface area (Å²) in [5, 5.41) is 0. The molecule has 3 aromatic carbocycles. The van der Waals surface area contributed by atoms with Crippen molar-refractivity contribution >= 4 is 11.9 Å². The van der Waals surface area contributed by atoms with Crippen LogP contribution in [0.4, 0.5) is 13.2 Å². The van der Waals surface area contributed by atoms with Gasteiger partial charge in [0.05, 0.1) is 11.1 Å². The fourth-order valence-electron chi connectivity index (χ4n) is 2.67. The first-order chi connectivity index (χ1) is 14.6. The van der Waals surface area contributed by atoms with Gasteiger partial charge in [0.15, 0.2) is 6.10 Å². The van der Waals surface area contributed by atoms with Crippen LogP contribution in [0.3, 0.4) is 0 Å². The van der Waals surface area contributed by atoms with Crippen molar-refractivity contribution in [3.63, 3.8) is 0 Å². The van der Waals surface area contributed by atoms with E-state index in [1.165, 1.54) is 24.3 Å². The Morgan fingerprint density at radius 3 is 1.71 bits per heavy atom. The van der Waals surface area contributed by atoms with Gasteiger partial charge in [-0.3, -0.25) is 0 Å². The maximum Gasteiger partial charge on any atom is 0.425 e. The van der Waals surface area contributed by atoms with Crippen molar-refractivity contribution in [2.45, 2.75) is 26.1 Å². The van der Waals surface area contributed by atoms with Gasteiger partial charge in [-0.1, -0.05) is 42.0 Å². The Balaban J connectivity index is 1.63. The van der Waals surface area contributed by atoms with Crippen molar-refractivity contribution in [3.05, 3.63) is 89.5 Å². The lowest BCUT2D eigenvalue weighted by atomic mass is 10.0. The number of carbonyl (C=O) groups excluding carboxylic acids is 2. The molecule has 0 spiro atoms. The maximum atomic E-state index is 12.5. The Labute approximate surface area is 177 Å². The van der Waals surface area contributed by atoms with Gasteiger partial charge in [0.1, 0.15) is 5.75 Å². The third kappa shape index (κ3) is 5.72. The molecule has 3 rings (SSSR count). The second-order valence-electron chi connectivity index (χ2n) is 6.95. The normalized spacial score (nSPS) is 12.2. The van der Waals surface area contributed by atoms with E-state index in [9.17, 15) is 22.8 Å². The fourth-order valence-corrected chi connectivity index (χ4v) is 2.67. The van der Waals surface area contributed by atoms with Crippen LogP contribution in [0, 0.1) is 6.92 Å². The van der Waals surface area contributed by atoms with Crippen LogP contribution in [0.2, 0.25) is 0 Å². The smallest absolute Gasteiger partial charge is 0.425 e. The summed E-state index contributed by atoms with van der Waals surface area (Å²) < 4.78 is 47.1. The van der Waals surface area contributed by atoms with Gasteiger partial charge in [0, 0.05) is 0 Å². The van der Waals surface area contributed by atoms with Crippen LogP contribution in [0.5, 0.6) is 5.75 Å². The SMILES string of the molecule is Cc1ccc(-c2ccc(C(=O)Oc3ccc(C(=O)OC(C)C(F)(F)F)cc3)cc2)cc1. The van der Waals surface area contributed by atoms with Crippen LogP contribution in [-0.2, 0) is 4.74 Å². The predicted octanol–water partition coefficient (Wildman–Crippen LogP) is 5.99. The number of ether oxygens (including phenoxy) is 2. The topological polar surface area (TPSA) is 52.6 Å². The second-order valence-corrected chi connectivity index (χ2v) is 6.95. The van der Waals surface area contributed by atoms with E-state index in [-0.39, 0.29) is 11.3 Å². The lowest BCUT2D eigenvalue weighted by Crippen LogP contribution is -2.30. The maximum absolute atomic E-state index is 12.5. The highest BCUT2D eigenvalue weighted by atomic mass is 19.4. The predicted molar refractivity (Wildman–Crippen MR) is 109 cm³/mol. The highest BCUT2D eigenvalue weighted by Crippen LogP contribution is 2.24. The summed E-state index contributed by atoms with van der Waals surface area (Å²) in [6.07, 6.45) is -6.86. The number of rotatable bonds is 5. The van der Waals surface area contributed by atoms with Crippen LogP contribution in [0.1, 0.15) is 33.2 Å². The summed E-state index contributed by atoms with van der Waals surface area (Å²) in [4.78, 5) is 24.1. The lowest BCUT2D eigenvalue weighted by Gasteiger charge is -2.16. The van der Waals surface area contributed by atoms with E-state index in [4.69, 9.17) is 4.74 Å². The van der Waals surface area contributed by atoms with Crippen LogP contribution < -0.4 is 4.74 Å². The molecule has 3 aromatic rings. The molecule has 0 aliphatic rings. The number of aryl methyl sites for hydroxylation is 1. The van der Waals surface area contributed by atoms with Gasteiger partial charge in [-0.2, -0.15) is 13.2 Å². The zero-order valence-electron chi connectivity index (χ0n) is 16.8. The highest BCUT2D eigenvalue weighted by Gasteiger charge is 2.39. The first-order valence-corrected chi connectivity index (χ1v) is 9.40. The Kier molecular flexibility index (Phi) is 6.44. The van der Waals surface area contributed by atoms with E-state index in [2.05, 4.69) is 4.74 Å². The summed E-state index contributed by atoms with van der Waals surface area (Å²) in [5.74, 6) is -1.57. The average molecular weight is 428 g/mol. The van der Waals surface area contributed by atoms with Crippen molar-refractivity contribution in [1.82, 2.24) is 0 Å². The number of alkyl halides is 3. The quantitative estimate of drug-likeness (QED) is 0.370. The fraction of sp³-hybridized carbons (Fsp3) is 0.167. The molecule has 31 heavy (non-hydrogen) atoms. The molecule has 0 heterocycles. The van der Waals surface area contributed by atoms with Gasteiger partial charge in [-0.05, 0) is 61.4 Å². The first-order valence-electron chi connectivity index (χ1n) is 9.40. The average Bonchev–Trinajstić information content (AvgIpc) is 2.74. The van der Waals surface area contributed by atoms with Crippen molar-refractivity contribution in [1.29, 1.82) is 0 Å².